The molecule has 6 N–H and O–H groups in total. The molecule has 0 aromatic carbocycles. The van der Waals surface area contributed by atoms with E-state index in [2.05, 4.69) is 0 Å². The lowest BCUT2D eigenvalue weighted by Gasteiger charge is -1.21. The molecular formula is C88H270O6. The Morgan fingerprint density at radius 1 is 0.0426 bits per heavy atom. The number of rotatable bonds is 0. The Morgan fingerprint density at radius 2 is 0.0426 bits per heavy atom. The summed E-state index contributed by atoms with van der Waals surface area (Å²) >= 11 is 0. The van der Waals surface area contributed by atoms with Crippen molar-refractivity contribution in [1.29, 1.82) is 0 Å². The van der Waals surface area contributed by atoms with Gasteiger partial charge in [-0.1, -0.05) is 568 Å². The van der Waals surface area contributed by atoms with Gasteiger partial charge in [-0.2, -0.15) is 0 Å². The van der Waals surface area contributed by atoms with Crippen molar-refractivity contribution in [2.45, 2.75) is 568 Å². The van der Waals surface area contributed by atoms with E-state index in [1.165, 1.54) is 0 Å². The zero-order valence-corrected chi connectivity index (χ0v) is 90.7. The fraction of sp³-hybridized carbons (Fsp3) is 1.00. The molecule has 0 heterocycles. The first kappa shape index (κ1) is 369. The van der Waals surface area contributed by atoms with Crippen molar-refractivity contribution in [3.63, 3.8) is 0 Å². The Labute approximate surface area is 638 Å². The zero-order valence-electron chi connectivity index (χ0n) is 90.7. The minimum absolute atomic E-state index is 1.00. The van der Waals surface area contributed by atoms with E-state index in [-0.39, 0.29) is 0 Å². The van der Waals surface area contributed by atoms with Gasteiger partial charge >= 0.3 is 0 Å². The molecule has 0 atom stereocenters. The second kappa shape index (κ2) is 13600000. The van der Waals surface area contributed by atoms with Gasteiger partial charge in [0.15, 0.2) is 0 Å². The van der Waals surface area contributed by atoms with Crippen LogP contribution in [0.25, 0.3) is 0 Å². The highest BCUT2D eigenvalue weighted by molar-refractivity contribution is 3.59. The predicted octanol–water partition coefficient (Wildman–Crippen LogP) is 39.7. The third-order valence-electron chi connectivity index (χ3n) is 0. The Morgan fingerprint density at radius 3 is 0.0426 bits per heavy atom. The van der Waals surface area contributed by atoms with E-state index < -0.39 is 0 Å². The van der Waals surface area contributed by atoms with Crippen LogP contribution in [0.3, 0.4) is 0 Å². The van der Waals surface area contributed by atoms with Gasteiger partial charge < -0.3 is 30.6 Å². The van der Waals surface area contributed by atoms with Crippen LogP contribution < -0.4 is 0 Å². The highest BCUT2D eigenvalue weighted by Gasteiger charge is 1.02. The van der Waals surface area contributed by atoms with Gasteiger partial charge in [-0.05, 0) is 0 Å². The highest BCUT2D eigenvalue weighted by Crippen LogP contribution is 1.23. The van der Waals surface area contributed by atoms with Crippen molar-refractivity contribution >= 4 is 0 Å². The first-order valence-corrected chi connectivity index (χ1v) is 43.7. The maximum Gasteiger partial charge on any atom is 0.0319 e. The fourth-order valence-electron chi connectivity index (χ4n) is 0. The quantitative estimate of drug-likeness (QED) is 0.144. The van der Waals surface area contributed by atoms with Crippen molar-refractivity contribution in [3.8, 4) is 0 Å². The first-order valence-electron chi connectivity index (χ1n) is 43.7. The molecule has 0 amide bonds. The smallest absolute Gasteiger partial charge is 0.0319 e. The van der Waals surface area contributed by atoms with Crippen molar-refractivity contribution in [2.24, 2.45) is 0 Å². The number of aliphatic hydroxyl groups is 6. The molecule has 0 aromatic heterocycles. The average Bonchev–Trinajstić information content (AvgIpc) is 3.82. The second-order valence-electron chi connectivity index (χ2n) is 0. The molecule has 0 saturated heterocycles. The molecule has 0 saturated carbocycles. The maximum absolute atomic E-state index is 7.00. The van der Waals surface area contributed by atoms with Crippen LogP contribution >= 0.6 is 0 Å². The van der Waals surface area contributed by atoms with E-state index in [9.17, 15) is 0 Å². The fourth-order valence-corrected chi connectivity index (χ4v) is 0. The van der Waals surface area contributed by atoms with Crippen LogP contribution in [-0.4, -0.2) is 73.3 Å². The zero-order chi connectivity index (χ0) is 94.0. The summed E-state index contributed by atoms with van der Waals surface area (Å²) in [6.07, 6.45) is 0. The second-order valence-corrected chi connectivity index (χ2v) is 0. The van der Waals surface area contributed by atoms with Gasteiger partial charge in [0, 0.05) is 42.7 Å². The lowest BCUT2D eigenvalue weighted by Crippen LogP contribution is -1.25. The Kier molecular flexibility index (Phi) is 53200000. The van der Waals surface area contributed by atoms with Crippen molar-refractivity contribution in [1.82, 2.24) is 0 Å². The summed E-state index contributed by atoms with van der Waals surface area (Å²) in [5.74, 6) is 0. The molecule has 6 heteroatoms. The Bertz CT molecular complexity index is 32.2. The number of hydrogen-bond donors (Lipinski definition) is 6. The lowest BCUT2D eigenvalue weighted by atomic mass is 11.0. The van der Waals surface area contributed by atoms with E-state index in [4.69, 9.17) is 30.6 Å². The molecule has 6 nitrogen and oxygen atoms in total. The molecule has 0 rings (SSSR count). The molecule has 0 aliphatic rings. The summed E-state index contributed by atoms with van der Waals surface area (Å²) < 4.78 is 0. The first-order chi connectivity index (χ1) is 47.0. The number of aliphatic hydroxyl groups excluding tert-OH is 6. The highest BCUT2D eigenvalue weighted by atomic mass is 16.2. The average molecular weight is 1430 g/mol. The van der Waals surface area contributed by atoms with Crippen molar-refractivity contribution in [3.05, 3.63) is 0 Å². The van der Waals surface area contributed by atoms with Crippen LogP contribution in [0.1, 0.15) is 568 Å². The molecule has 0 radical (unpaired) electrons. The van der Waals surface area contributed by atoms with Crippen LogP contribution in [0.4, 0.5) is 0 Å². The van der Waals surface area contributed by atoms with Gasteiger partial charge in [-0.15, -0.1) is 0 Å². The summed E-state index contributed by atoms with van der Waals surface area (Å²) in [4.78, 5) is 0. The largest absolute Gasteiger partial charge is 0.400 e. The monoisotopic (exact) mass is 1420 g/mol. The van der Waals surface area contributed by atoms with Crippen LogP contribution in [0.2, 0.25) is 0 Å². The van der Waals surface area contributed by atoms with Crippen molar-refractivity contribution in [2.75, 3.05) is 42.7 Å². The van der Waals surface area contributed by atoms with Gasteiger partial charge in [0.05, 0.1) is 0 Å². The lowest BCUT2D eigenvalue weighted by molar-refractivity contribution is 0.399. The van der Waals surface area contributed by atoms with E-state index in [0.717, 1.165) is 42.7 Å². The van der Waals surface area contributed by atoms with Crippen LogP contribution in [0, 0.1) is 0 Å². The van der Waals surface area contributed by atoms with E-state index in [1.54, 1.807) is 0 Å². The summed E-state index contributed by atoms with van der Waals surface area (Å²) in [6.45, 7) is 164. The van der Waals surface area contributed by atoms with E-state index in [0.29, 0.717) is 0 Å². The molecular weight excluding hydrogens is 1150 g/mol. The van der Waals surface area contributed by atoms with Crippen LogP contribution in [0.5, 0.6) is 0 Å². The summed E-state index contributed by atoms with van der Waals surface area (Å²) in [6, 6.07) is 0. The molecule has 0 spiro atoms. The molecule has 0 bridgehead atoms. The third-order valence-corrected chi connectivity index (χ3v) is 0. The minimum Gasteiger partial charge on any atom is -0.400 e. The van der Waals surface area contributed by atoms with Gasteiger partial charge in [-0.25, -0.2) is 0 Å². The van der Waals surface area contributed by atoms with Gasteiger partial charge in [0.1, 0.15) is 0 Å². The van der Waals surface area contributed by atoms with Gasteiger partial charge in [0.25, 0.3) is 0 Å². The third kappa shape index (κ3) is 13100000. The standard InChI is InChI=1S/41C2H6.6CH4O/c47*1-2/h41*1-2H3;6*2H,1H3. The van der Waals surface area contributed by atoms with Crippen LogP contribution in [-0.2, 0) is 0 Å². The molecule has 94 heavy (non-hydrogen) atoms. The maximum atomic E-state index is 7.00. The molecule has 0 fully saturated rings. The van der Waals surface area contributed by atoms with Crippen LogP contribution in [0.15, 0.2) is 0 Å². The summed E-state index contributed by atoms with van der Waals surface area (Å²) in [5.41, 5.74) is 0. The Hall–Kier alpha value is -0.240. The van der Waals surface area contributed by atoms with E-state index in [1.807, 2.05) is 568 Å². The summed E-state index contributed by atoms with van der Waals surface area (Å²) in [5, 5.41) is 42.0. The molecule has 0 aliphatic carbocycles. The molecule has 0 aromatic rings. The Balaban J connectivity index is -0.00000000534. The molecule has 658 valence electrons. The molecule has 0 aliphatic heterocycles. The number of hydrogen-bond acceptors (Lipinski definition) is 6. The topological polar surface area (TPSA) is 121 Å². The summed E-state index contributed by atoms with van der Waals surface area (Å²) in [7, 11) is 6.00. The minimum atomic E-state index is 1.00. The van der Waals surface area contributed by atoms with Gasteiger partial charge in [0.2, 0.25) is 0 Å². The molecule has 0 unspecified atom stereocenters. The van der Waals surface area contributed by atoms with E-state index >= 15 is 0 Å². The predicted molar refractivity (Wildman–Crippen MR) is 514 cm³/mol. The van der Waals surface area contributed by atoms with Crippen molar-refractivity contribution < 1.29 is 30.6 Å². The SMILES string of the molecule is CC.CC.CC.CC.CC.CC.CC.CC.CC.CC.CC.CC.CC.CC.CC.CC.CC.CC.CC.CC.CC.CC.CC.CC.CC.CC.CC.CC.CC.CC.CC.CC.CC.CC.CC.CC.CC.CC.CC.CC.CC.CO.CO.CO.CO.CO.CO. The van der Waals surface area contributed by atoms with Gasteiger partial charge in [-0.3, -0.25) is 0 Å². The normalized spacial score (nSPS) is 3.00.